The van der Waals surface area contributed by atoms with Gasteiger partial charge in [0, 0.05) is 23.9 Å². The second kappa shape index (κ2) is 4.27. The lowest BCUT2D eigenvalue weighted by molar-refractivity contribution is 0.0825. The number of hydrogen-bond donors (Lipinski definition) is 1. The molecule has 2 aliphatic carbocycles. The van der Waals surface area contributed by atoms with Crippen LogP contribution in [0.4, 0.5) is 4.39 Å². The van der Waals surface area contributed by atoms with Gasteiger partial charge in [-0.2, -0.15) is 4.39 Å². The molecular weight excluding hydrogens is 255 g/mol. The second-order valence-electron chi connectivity index (χ2n) is 7.00. The van der Waals surface area contributed by atoms with E-state index in [4.69, 9.17) is 0 Å². The third-order valence-corrected chi connectivity index (χ3v) is 6.09. The molecule has 2 bridgehead atoms. The number of carbonyl (C=O) groups excluding carboxylic acids is 1. The molecule has 20 heavy (non-hydrogen) atoms. The molecule has 1 aromatic heterocycles. The first kappa shape index (κ1) is 13.5. The zero-order valence-corrected chi connectivity index (χ0v) is 12.2. The molecular formula is C16H21FN2O. The average Bonchev–Trinajstić information content (AvgIpc) is 2.72. The predicted octanol–water partition coefficient (Wildman–Crippen LogP) is 3.17. The maximum Gasteiger partial charge on any atom is 0.251 e. The van der Waals surface area contributed by atoms with Crippen molar-refractivity contribution in [3.05, 3.63) is 29.8 Å². The highest BCUT2D eigenvalue weighted by Gasteiger charge is 2.61. The van der Waals surface area contributed by atoms with Crippen LogP contribution in [0.3, 0.4) is 0 Å². The summed E-state index contributed by atoms with van der Waals surface area (Å²) >= 11 is 0. The molecule has 0 unspecified atom stereocenters. The second-order valence-corrected chi connectivity index (χ2v) is 7.00. The minimum absolute atomic E-state index is 0.138. The van der Waals surface area contributed by atoms with Gasteiger partial charge in [-0.3, -0.25) is 4.79 Å². The number of carbonyl (C=O) groups is 1. The number of halogens is 1. The van der Waals surface area contributed by atoms with Crippen molar-refractivity contribution < 1.29 is 9.18 Å². The molecule has 108 valence electrons. The molecule has 1 amide bonds. The molecule has 0 spiro atoms. The van der Waals surface area contributed by atoms with Crippen LogP contribution in [-0.2, 0) is 0 Å². The summed E-state index contributed by atoms with van der Waals surface area (Å²) in [6.07, 6.45) is 4.76. The molecule has 2 saturated carbocycles. The molecule has 4 heteroatoms. The van der Waals surface area contributed by atoms with Crippen molar-refractivity contribution in [2.75, 3.05) is 0 Å². The highest BCUT2D eigenvalue weighted by Crippen LogP contribution is 2.65. The van der Waals surface area contributed by atoms with E-state index >= 15 is 0 Å². The average molecular weight is 276 g/mol. The molecule has 3 rings (SSSR count). The largest absolute Gasteiger partial charge is 0.349 e. The monoisotopic (exact) mass is 276 g/mol. The molecule has 0 aliphatic heterocycles. The van der Waals surface area contributed by atoms with Gasteiger partial charge in [-0.1, -0.05) is 20.8 Å². The summed E-state index contributed by atoms with van der Waals surface area (Å²) in [6, 6.07) is 2.93. The molecule has 2 aliphatic rings. The molecule has 1 heterocycles. The van der Waals surface area contributed by atoms with E-state index in [1.54, 1.807) is 6.07 Å². The topological polar surface area (TPSA) is 42.0 Å². The van der Waals surface area contributed by atoms with Gasteiger partial charge >= 0.3 is 0 Å². The lowest BCUT2D eigenvalue weighted by Gasteiger charge is -2.39. The molecule has 0 saturated heterocycles. The SMILES string of the molecule is CC1(C)[C@H]2CC[C@@]1(C)[C@H](NC(=O)c1ccnc(F)c1)C2. The van der Waals surface area contributed by atoms with Crippen LogP contribution in [0.2, 0.25) is 0 Å². The van der Waals surface area contributed by atoms with E-state index in [1.807, 2.05) is 0 Å². The van der Waals surface area contributed by atoms with Crippen molar-refractivity contribution in [1.29, 1.82) is 0 Å². The third kappa shape index (κ3) is 1.77. The first-order valence-corrected chi connectivity index (χ1v) is 7.27. The van der Waals surface area contributed by atoms with Gasteiger partial charge in [-0.05, 0) is 42.1 Å². The summed E-state index contributed by atoms with van der Waals surface area (Å²) in [4.78, 5) is 15.8. The van der Waals surface area contributed by atoms with Gasteiger partial charge in [0.1, 0.15) is 0 Å². The Bertz CT molecular complexity index is 557. The van der Waals surface area contributed by atoms with E-state index in [1.165, 1.54) is 18.7 Å². The van der Waals surface area contributed by atoms with Crippen molar-refractivity contribution in [1.82, 2.24) is 10.3 Å². The number of pyridine rings is 1. The molecule has 1 aromatic rings. The quantitative estimate of drug-likeness (QED) is 0.843. The van der Waals surface area contributed by atoms with E-state index in [2.05, 4.69) is 31.1 Å². The van der Waals surface area contributed by atoms with Crippen LogP contribution in [0.25, 0.3) is 0 Å². The molecule has 2 fully saturated rings. The van der Waals surface area contributed by atoms with Gasteiger partial charge in [0.25, 0.3) is 5.91 Å². The minimum Gasteiger partial charge on any atom is -0.349 e. The Hall–Kier alpha value is -1.45. The molecule has 3 nitrogen and oxygen atoms in total. The van der Waals surface area contributed by atoms with Crippen LogP contribution in [0, 0.1) is 22.7 Å². The Morgan fingerprint density at radius 1 is 1.45 bits per heavy atom. The van der Waals surface area contributed by atoms with Crippen molar-refractivity contribution in [2.45, 2.75) is 46.1 Å². The number of aromatic nitrogens is 1. The first-order chi connectivity index (χ1) is 9.34. The fraction of sp³-hybridized carbons (Fsp3) is 0.625. The van der Waals surface area contributed by atoms with E-state index in [0.29, 0.717) is 11.5 Å². The molecule has 3 atom stereocenters. The summed E-state index contributed by atoms with van der Waals surface area (Å²) in [6.45, 7) is 6.89. The maximum absolute atomic E-state index is 13.1. The molecule has 0 aromatic carbocycles. The van der Waals surface area contributed by atoms with Gasteiger partial charge in [-0.15, -0.1) is 0 Å². The van der Waals surface area contributed by atoms with Crippen molar-refractivity contribution >= 4 is 5.91 Å². The van der Waals surface area contributed by atoms with E-state index in [9.17, 15) is 9.18 Å². The molecule has 0 radical (unpaired) electrons. The van der Waals surface area contributed by atoms with Crippen LogP contribution in [-0.4, -0.2) is 16.9 Å². The Balaban J connectivity index is 1.78. The number of amides is 1. The number of fused-ring (bicyclic) bond motifs is 2. The highest BCUT2D eigenvalue weighted by atomic mass is 19.1. The lowest BCUT2D eigenvalue weighted by Crippen LogP contribution is -2.46. The standard InChI is InChI=1S/C16H21FN2O/c1-15(2)11-4-6-16(15,3)12(9-11)19-14(20)10-5-7-18-13(17)8-10/h5,7-8,11-12H,4,6,9H2,1-3H3,(H,19,20)/t11-,12+,16-/m0/s1. The van der Waals surface area contributed by atoms with Gasteiger partial charge in [0.15, 0.2) is 0 Å². The van der Waals surface area contributed by atoms with E-state index in [0.717, 1.165) is 12.8 Å². The highest BCUT2D eigenvalue weighted by molar-refractivity contribution is 5.94. The van der Waals surface area contributed by atoms with Crippen LogP contribution in [0.15, 0.2) is 18.3 Å². The summed E-state index contributed by atoms with van der Waals surface area (Å²) in [5.74, 6) is -0.134. The maximum atomic E-state index is 13.1. The van der Waals surface area contributed by atoms with Gasteiger partial charge in [-0.25, -0.2) is 4.98 Å². The number of hydrogen-bond acceptors (Lipinski definition) is 2. The van der Waals surface area contributed by atoms with Crippen LogP contribution in [0.5, 0.6) is 0 Å². The van der Waals surface area contributed by atoms with E-state index in [-0.39, 0.29) is 22.8 Å². The number of rotatable bonds is 2. The first-order valence-electron chi connectivity index (χ1n) is 7.27. The Morgan fingerprint density at radius 3 is 2.75 bits per heavy atom. The van der Waals surface area contributed by atoms with Crippen LogP contribution in [0.1, 0.15) is 50.4 Å². The lowest BCUT2D eigenvalue weighted by atomic mass is 9.69. The minimum atomic E-state index is -0.614. The summed E-state index contributed by atoms with van der Waals surface area (Å²) < 4.78 is 13.1. The van der Waals surface area contributed by atoms with Gasteiger partial charge in [0.2, 0.25) is 5.95 Å². The van der Waals surface area contributed by atoms with E-state index < -0.39 is 5.95 Å². The number of nitrogens with one attached hydrogen (secondary N) is 1. The third-order valence-electron chi connectivity index (χ3n) is 6.09. The van der Waals surface area contributed by atoms with Gasteiger partial charge < -0.3 is 5.32 Å². The molecule has 1 N–H and O–H groups in total. The van der Waals surface area contributed by atoms with Crippen molar-refractivity contribution in [3.63, 3.8) is 0 Å². The fourth-order valence-electron chi connectivity index (χ4n) is 4.21. The number of nitrogens with zero attached hydrogens (tertiary/aromatic N) is 1. The Kier molecular flexibility index (Phi) is 2.89. The van der Waals surface area contributed by atoms with Crippen molar-refractivity contribution in [2.24, 2.45) is 16.7 Å². The van der Waals surface area contributed by atoms with Gasteiger partial charge in [0.05, 0.1) is 0 Å². The normalized spacial score (nSPS) is 34.2. The Morgan fingerprint density at radius 2 is 2.20 bits per heavy atom. The summed E-state index contributed by atoms with van der Waals surface area (Å²) in [5.41, 5.74) is 0.745. The van der Waals surface area contributed by atoms with Crippen LogP contribution >= 0.6 is 0 Å². The summed E-state index contributed by atoms with van der Waals surface area (Å²) in [7, 11) is 0. The zero-order chi connectivity index (χ0) is 14.5. The zero-order valence-electron chi connectivity index (χ0n) is 12.2. The predicted molar refractivity (Wildman–Crippen MR) is 74.7 cm³/mol. The Labute approximate surface area is 119 Å². The van der Waals surface area contributed by atoms with Crippen LogP contribution < -0.4 is 5.32 Å². The van der Waals surface area contributed by atoms with Crippen molar-refractivity contribution in [3.8, 4) is 0 Å². The fourth-order valence-corrected chi connectivity index (χ4v) is 4.21. The smallest absolute Gasteiger partial charge is 0.251 e. The summed E-state index contributed by atoms with van der Waals surface area (Å²) in [5, 5.41) is 3.12.